The molecule has 0 bridgehead atoms. The van der Waals surface area contributed by atoms with E-state index < -0.39 is 6.04 Å². The predicted molar refractivity (Wildman–Crippen MR) is 128 cm³/mol. The van der Waals surface area contributed by atoms with Crippen LogP contribution in [0.2, 0.25) is 0 Å². The van der Waals surface area contributed by atoms with Crippen molar-refractivity contribution in [3.05, 3.63) is 95.1 Å². The fourth-order valence-electron chi connectivity index (χ4n) is 3.61. The van der Waals surface area contributed by atoms with Gasteiger partial charge in [0.25, 0.3) is 5.91 Å². The second-order valence-corrected chi connectivity index (χ2v) is 8.20. The molecule has 0 saturated carbocycles. The molecule has 33 heavy (non-hydrogen) atoms. The molecule has 4 rings (SSSR count). The van der Waals surface area contributed by atoms with Crippen LogP contribution in [0.25, 0.3) is 0 Å². The summed E-state index contributed by atoms with van der Waals surface area (Å²) in [5.74, 6) is 0.739. The first kappa shape index (κ1) is 22.5. The molecule has 4 N–H and O–H groups in total. The van der Waals surface area contributed by atoms with Crippen molar-refractivity contribution in [1.29, 1.82) is 0 Å². The number of phenolic OH excluding ortho intramolecular Hbond substituents is 1. The Morgan fingerprint density at radius 1 is 1.09 bits per heavy atom. The normalized spacial score (nSPS) is 18.2. The Balaban J connectivity index is 1.28. The van der Waals surface area contributed by atoms with E-state index in [2.05, 4.69) is 52.6 Å². The predicted octanol–water partition coefficient (Wildman–Crippen LogP) is 3.73. The highest BCUT2D eigenvalue weighted by molar-refractivity contribution is 5.99. The maximum absolute atomic E-state index is 12.5. The first-order valence-electron chi connectivity index (χ1n) is 10.9. The Morgan fingerprint density at radius 2 is 1.85 bits per heavy atom. The average molecular weight is 445 g/mol. The van der Waals surface area contributed by atoms with E-state index in [-0.39, 0.29) is 17.7 Å². The Kier molecular flexibility index (Phi) is 7.02. The standard InChI is InChI=1S/C26H28N4O3/c1-17-6-8-19(9-7-17)16-33-23-12-10-20(11-13-23)24-15-25(29-28-24)26(32)30-27-18(2)21-4-3-5-22(31)14-21/h3-14,24-25,28-29,31H,15-16H2,1-2H3,(H,30,32)/b27-18-. The van der Waals surface area contributed by atoms with Crippen LogP contribution in [0.15, 0.2) is 77.9 Å². The van der Waals surface area contributed by atoms with Crippen molar-refractivity contribution in [2.45, 2.75) is 39.0 Å². The molecule has 0 spiro atoms. The van der Waals surface area contributed by atoms with Gasteiger partial charge in [-0.1, -0.05) is 54.1 Å². The van der Waals surface area contributed by atoms with Crippen molar-refractivity contribution in [2.24, 2.45) is 5.10 Å². The van der Waals surface area contributed by atoms with Gasteiger partial charge >= 0.3 is 0 Å². The van der Waals surface area contributed by atoms with Crippen molar-refractivity contribution in [3.63, 3.8) is 0 Å². The number of amides is 1. The van der Waals surface area contributed by atoms with Crippen molar-refractivity contribution in [1.82, 2.24) is 16.3 Å². The van der Waals surface area contributed by atoms with Crippen LogP contribution in [0, 0.1) is 6.92 Å². The van der Waals surface area contributed by atoms with Gasteiger partial charge in [0.05, 0.1) is 5.71 Å². The van der Waals surface area contributed by atoms with Crippen LogP contribution in [-0.4, -0.2) is 22.8 Å². The lowest BCUT2D eigenvalue weighted by atomic mass is 10.0. The van der Waals surface area contributed by atoms with Crippen molar-refractivity contribution >= 4 is 11.6 Å². The van der Waals surface area contributed by atoms with Gasteiger partial charge in [-0.15, -0.1) is 0 Å². The second-order valence-electron chi connectivity index (χ2n) is 8.20. The van der Waals surface area contributed by atoms with Crippen LogP contribution in [0.1, 0.15) is 41.6 Å². The largest absolute Gasteiger partial charge is 0.508 e. The second kappa shape index (κ2) is 10.3. The molecule has 3 aromatic carbocycles. The summed E-state index contributed by atoms with van der Waals surface area (Å²) in [6.07, 6.45) is 0.593. The highest BCUT2D eigenvalue weighted by atomic mass is 16.5. The number of hydrogen-bond donors (Lipinski definition) is 4. The number of carbonyl (C=O) groups excluding carboxylic acids is 1. The van der Waals surface area contributed by atoms with Crippen LogP contribution in [0.3, 0.4) is 0 Å². The summed E-state index contributed by atoms with van der Waals surface area (Å²) in [7, 11) is 0. The van der Waals surface area contributed by atoms with Crippen LogP contribution < -0.4 is 21.0 Å². The molecule has 0 aromatic heterocycles. The minimum absolute atomic E-state index is 0.00282. The fraction of sp³-hybridized carbons (Fsp3) is 0.231. The molecular formula is C26H28N4O3. The zero-order valence-electron chi connectivity index (χ0n) is 18.7. The summed E-state index contributed by atoms with van der Waals surface area (Å²) in [5, 5.41) is 13.8. The van der Waals surface area contributed by atoms with Gasteiger partial charge in [-0.25, -0.2) is 16.3 Å². The zero-order valence-corrected chi connectivity index (χ0v) is 18.7. The van der Waals surface area contributed by atoms with E-state index in [1.807, 2.05) is 30.3 Å². The SMILES string of the molecule is C/C(=N/NC(=O)C1CC(c2ccc(OCc3ccc(C)cc3)cc2)NN1)c1cccc(O)c1. The van der Waals surface area contributed by atoms with Crippen molar-refractivity contribution < 1.29 is 14.6 Å². The summed E-state index contributed by atoms with van der Waals surface area (Å²) in [4.78, 5) is 12.5. The van der Waals surface area contributed by atoms with Gasteiger partial charge < -0.3 is 9.84 Å². The number of phenols is 1. The number of nitrogens with one attached hydrogen (secondary N) is 3. The summed E-state index contributed by atoms with van der Waals surface area (Å²) in [5.41, 5.74) is 13.6. The van der Waals surface area contributed by atoms with E-state index >= 15 is 0 Å². The molecule has 1 amide bonds. The van der Waals surface area contributed by atoms with Gasteiger partial charge in [0.1, 0.15) is 24.1 Å². The molecule has 0 radical (unpaired) electrons. The van der Waals surface area contributed by atoms with Gasteiger partial charge in [-0.05, 0) is 55.7 Å². The third-order valence-electron chi connectivity index (χ3n) is 5.63. The topological polar surface area (TPSA) is 95.0 Å². The molecule has 0 aliphatic carbocycles. The molecule has 7 heteroatoms. The summed E-state index contributed by atoms with van der Waals surface area (Å²) >= 11 is 0. The molecule has 1 saturated heterocycles. The Bertz CT molecular complexity index is 1130. The van der Waals surface area contributed by atoms with Crippen LogP contribution in [-0.2, 0) is 11.4 Å². The van der Waals surface area contributed by atoms with Gasteiger partial charge in [0.15, 0.2) is 0 Å². The number of benzene rings is 3. The van der Waals surface area contributed by atoms with Gasteiger partial charge in [-0.2, -0.15) is 5.10 Å². The maximum atomic E-state index is 12.5. The Hall–Kier alpha value is -3.68. The minimum Gasteiger partial charge on any atom is -0.508 e. The molecule has 7 nitrogen and oxygen atoms in total. The van der Waals surface area contributed by atoms with E-state index in [1.54, 1.807) is 25.1 Å². The van der Waals surface area contributed by atoms with E-state index in [1.165, 1.54) is 5.56 Å². The fourth-order valence-corrected chi connectivity index (χ4v) is 3.61. The highest BCUT2D eigenvalue weighted by Gasteiger charge is 2.30. The first-order valence-corrected chi connectivity index (χ1v) is 10.9. The lowest BCUT2D eigenvalue weighted by molar-refractivity contribution is -0.122. The Morgan fingerprint density at radius 3 is 2.58 bits per heavy atom. The molecule has 1 fully saturated rings. The number of hydrazone groups is 1. The minimum atomic E-state index is -0.409. The number of carbonyl (C=O) groups is 1. The number of nitrogens with zero attached hydrogens (tertiary/aromatic N) is 1. The van der Waals surface area contributed by atoms with E-state index in [0.717, 1.165) is 22.4 Å². The summed E-state index contributed by atoms with van der Waals surface area (Å²) in [6.45, 7) is 4.36. The van der Waals surface area contributed by atoms with E-state index in [9.17, 15) is 9.90 Å². The molecule has 2 atom stereocenters. The molecule has 1 heterocycles. The van der Waals surface area contributed by atoms with Crippen molar-refractivity contribution in [2.75, 3.05) is 0 Å². The van der Waals surface area contributed by atoms with Gasteiger partial charge in [-0.3, -0.25) is 4.79 Å². The highest BCUT2D eigenvalue weighted by Crippen LogP contribution is 2.25. The lowest BCUT2D eigenvalue weighted by Gasteiger charge is -2.11. The Labute approximate surface area is 193 Å². The maximum Gasteiger partial charge on any atom is 0.258 e. The quantitative estimate of drug-likeness (QED) is 0.329. The van der Waals surface area contributed by atoms with Crippen LogP contribution >= 0.6 is 0 Å². The number of aryl methyl sites for hydroxylation is 1. The number of rotatable bonds is 7. The molecule has 3 aromatic rings. The number of ether oxygens (including phenoxy) is 1. The lowest BCUT2D eigenvalue weighted by Crippen LogP contribution is -2.41. The molecule has 170 valence electrons. The van der Waals surface area contributed by atoms with Crippen molar-refractivity contribution in [3.8, 4) is 11.5 Å². The summed E-state index contributed by atoms with van der Waals surface area (Å²) in [6, 6.07) is 22.5. The number of hydrazine groups is 1. The molecule has 1 aliphatic heterocycles. The molecule has 2 unspecified atom stereocenters. The number of hydrogen-bond acceptors (Lipinski definition) is 6. The van der Waals surface area contributed by atoms with E-state index in [4.69, 9.17) is 4.74 Å². The van der Waals surface area contributed by atoms with Gasteiger partial charge in [0, 0.05) is 11.6 Å². The summed E-state index contributed by atoms with van der Waals surface area (Å²) < 4.78 is 5.88. The average Bonchev–Trinajstić information content (AvgIpc) is 3.33. The third kappa shape index (κ3) is 5.97. The zero-order chi connectivity index (χ0) is 23.2. The van der Waals surface area contributed by atoms with Crippen LogP contribution in [0.5, 0.6) is 11.5 Å². The third-order valence-corrected chi connectivity index (χ3v) is 5.63. The first-order chi connectivity index (χ1) is 16.0. The smallest absolute Gasteiger partial charge is 0.258 e. The van der Waals surface area contributed by atoms with Crippen LogP contribution in [0.4, 0.5) is 0 Å². The molecule has 1 aliphatic rings. The monoisotopic (exact) mass is 444 g/mol. The molecular weight excluding hydrogens is 416 g/mol. The number of aromatic hydroxyl groups is 1. The van der Waals surface area contributed by atoms with E-state index in [0.29, 0.717) is 18.7 Å². The van der Waals surface area contributed by atoms with Gasteiger partial charge in [0.2, 0.25) is 0 Å².